The van der Waals surface area contributed by atoms with Gasteiger partial charge in [-0.15, -0.1) is 0 Å². The van der Waals surface area contributed by atoms with Gasteiger partial charge in [0.05, 0.1) is 4.92 Å². The third-order valence-electron chi connectivity index (χ3n) is 2.22. The maximum Gasteiger partial charge on any atom is 0.271 e. The highest BCUT2D eigenvalue weighted by Crippen LogP contribution is 2.18. The largest absolute Gasteiger partial charge is 0.370 e. The van der Waals surface area contributed by atoms with E-state index in [-0.39, 0.29) is 5.69 Å². The Labute approximate surface area is 90.5 Å². The van der Waals surface area contributed by atoms with E-state index in [1.54, 1.807) is 6.92 Å². The molecule has 1 aromatic carbocycles. The second-order valence-electron chi connectivity index (χ2n) is 3.34. The van der Waals surface area contributed by atoms with Crippen LogP contribution in [-0.2, 0) is 0 Å². The number of nitro benzene ring substituents is 1. The molecule has 0 aliphatic heterocycles. The summed E-state index contributed by atoms with van der Waals surface area (Å²) in [5.74, 6) is 0. The fraction of sp³-hybridized carbons (Fsp3) is 0.333. The van der Waals surface area contributed by atoms with Crippen molar-refractivity contribution in [1.29, 1.82) is 0 Å². The zero-order valence-corrected chi connectivity index (χ0v) is 8.57. The van der Waals surface area contributed by atoms with Crippen molar-refractivity contribution in [3.8, 4) is 0 Å². The fourth-order valence-electron chi connectivity index (χ4n) is 1.33. The lowest BCUT2D eigenvalue weighted by Gasteiger charge is -2.03. The first kappa shape index (κ1) is 10.5. The van der Waals surface area contributed by atoms with Crippen molar-refractivity contribution < 1.29 is 10.0 Å². The number of aliphatic hydroxyl groups is 1. The van der Waals surface area contributed by atoms with E-state index in [9.17, 15) is 15.2 Å². The summed E-state index contributed by atoms with van der Waals surface area (Å²) in [7, 11) is 0. The number of fused-ring (bicyclic) bond motifs is 1. The molecule has 0 spiro atoms. The molecule has 1 heterocycles. The minimum absolute atomic E-state index is 0.0365. The monoisotopic (exact) mass is 222 g/mol. The van der Waals surface area contributed by atoms with Crippen LogP contribution in [0.2, 0.25) is 0 Å². The normalized spacial score (nSPS) is 12.9. The van der Waals surface area contributed by atoms with E-state index in [0.29, 0.717) is 17.5 Å². The third kappa shape index (κ3) is 1.72. The summed E-state index contributed by atoms with van der Waals surface area (Å²) in [5.41, 5.74) is 0.894. The first-order chi connectivity index (χ1) is 7.61. The first-order valence-corrected chi connectivity index (χ1v) is 4.81. The molecule has 1 N–H and O–H groups in total. The van der Waals surface area contributed by atoms with E-state index < -0.39 is 11.2 Å². The molecule has 0 radical (unpaired) electrons. The molecule has 16 heavy (non-hydrogen) atoms. The van der Waals surface area contributed by atoms with Gasteiger partial charge in [-0.05, 0) is 12.5 Å². The second kappa shape index (κ2) is 3.86. The molecule has 1 aromatic heterocycles. The van der Waals surface area contributed by atoms with E-state index in [4.69, 9.17) is 0 Å². The van der Waals surface area contributed by atoms with E-state index in [0.717, 1.165) is 4.80 Å². The molecular weight excluding hydrogens is 212 g/mol. The zero-order chi connectivity index (χ0) is 11.7. The highest BCUT2D eigenvalue weighted by atomic mass is 16.6. The smallest absolute Gasteiger partial charge is 0.271 e. The standard InChI is InChI=1S/C9H10N4O3/c1-2-9(14)12-10-7-4-3-6(13(15)16)5-8(7)11-12/h3-5,9,14H,2H2,1H3. The number of nitro groups is 1. The van der Waals surface area contributed by atoms with Crippen LogP contribution < -0.4 is 0 Å². The van der Waals surface area contributed by atoms with Gasteiger partial charge in [-0.2, -0.15) is 15.0 Å². The molecular formula is C9H10N4O3. The Balaban J connectivity index is 2.49. The van der Waals surface area contributed by atoms with E-state index in [1.807, 2.05) is 0 Å². The molecule has 7 nitrogen and oxygen atoms in total. The van der Waals surface area contributed by atoms with Gasteiger partial charge in [0.1, 0.15) is 11.0 Å². The molecule has 7 heteroatoms. The van der Waals surface area contributed by atoms with Crippen LogP contribution in [0.5, 0.6) is 0 Å². The molecule has 0 bridgehead atoms. The number of hydrogen-bond acceptors (Lipinski definition) is 5. The van der Waals surface area contributed by atoms with Crippen LogP contribution in [0.1, 0.15) is 19.6 Å². The van der Waals surface area contributed by atoms with Gasteiger partial charge in [-0.3, -0.25) is 10.1 Å². The van der Waals surface area contributed by atoms with E-state index in [2.05, 4.69) is 10.2 Å². The summed E-state index contributed by atoms with van der Waals surface area (Å²) in [6.07, 6.45) is -0.324. The van der Waals surface area contributed by atoms with Gasteiger partial charge < -0.3 is 5.11 Å². The van der Waals surface area contributed by atoms with Gasteiger partial charge in [0.25, 0.3) is 5.69 Å². The van der Waals surface area contributed by atoms with Crippen molar-refractivity contribution in [2.24, 2.45) is 0 Å². The van der Waals surface area contributed by atoms with Gasteiger partial charge in [-0.25, -0.2) is 0 Å². The Bertz CT molecular complexity index is 537. The molecule has 0 aliphatic carbocycles. The van der Waals surface area contributed by atoms with Crippen LogP contribution >= 0.6 is 0 Å². The molecule has 0 saturated carbocycles. The molecule has 84 valence electrons. The number of aliphatic hydroxyl groups excluding tert-OH is 1. The lowest BCUT2D eigenvalue weighted by molar-refractivity contribution is -0.384. The predicted molar refractivity (Wildman–Crippen MR) is 55.7 cm³/mol. The van der Waals surface area contributed by atoms with Crippen molar-refractivity contribution in [3.63, 3.8) is 0 Å². The number of non-ortho nitro benzene ring substituents is 1. The number of benzene rings is 1. The summed E-state index contributed by atoms with van der Waals surface area (Å²) in [4.78, 5) is 11.2. The molecule has 1 unspecified atom stereocenters. The van der Waals surface area contributed by atoms with Crippen LogP contribution in [0.4, 0.5) is 5.69 Å². The average molecular weight is 222 g/mol. The molecule has 2 aromatic rings. The lowest BCUT2D eigenvalue weighted by Crippen LogP contribution is -2.09. The lowest BCUT2D eigenvalue weighted by atomic mass is 10.3. The van der Waals surface area contributed by atoms with Gasteiger partial charge in [-0.1, -0.05) is 6.92 Å². The second-order valence-corrected chi connectivity index (χ2v) is 3.34. The predicted octanol–water partition coefficient (Wildman–Crippen LogP) is 1.24. The molecule has 0 saturated heterocycles. The Morgan fingerprint density at radius 1 is 1.50 bits per heavy atom. The highest BCUT2D eigenvalue weighted by molar-refractivity contribution is 5.76. The molecule has 0 amide bonds. The SMILES string of the molecule is CCC(O)n1nc2ccc([N+](=O)[O-])cc2n1. The first-order valence-electron chi connectivity index (χ1n) is 4.81. The summed E-state index contributed by atoms with van der Waals surface area (Å²) in [6.45, 7) is 1.79. The van der Waals surface area contributed by atoms with Crippen molar-refractivity contribution in [1.82, 2.24) is 15.0 Å². The minimum atomic E-state index is -0.800. The average Bonchev–Trinajstić information content (AvgIpc) is 2.70. The number of hydrogen-bond donors (Lipinski definition) is 1. The molecule has 0 aliphatic rings. The highest BCUT2D eigenvalue weighted by Gasteiger charge is 2.12. The third-order valence-corrected chi connectivity index (χ3v) is 2.22. The topological polar surface area (TPSA) is 94.1 Å². The summed E-state index contributed by atoms with van der Waals surface area (Å²) in [5, 5.41) is 28.1. The molecule has 1 atom stereocenters. The maximum absolute atomic E-state index is 10.5. The summed E-state index contributed by atoms with van der Waals surface area (Å²) in [6, 6.07) is 4.21. The van der Waals surface area contributed by atoms with Gasteiger partial charge >= 0.3 is 0 Å². The van der Waals surface area contributed by atoms with E-state index >= 15 is 0 Å². The van der Waals surface area contributed by atoms with Crippen molar-refractivity contribution in [2.75, 3.05) is 0 Å². The van der Waals surface area contributed by atoms with Crippen LogP contribution in [0.25, 0.3) is 11.0 Å². The quantitative estimate of drug-likeness (QED) is 0.622. The van der Waals surface area contributed by atoms with Crippen molar-refractivity contribution in [3.05, 3.63) is 28.3 Å². The van der Waals surface area contributed by atoms with Gasteiger partial charge in [0, 0.05) is 12.1 Å². The van der Waals surface area contributed by atoms with Crippen LogP contribution in [0.15, 0.2) is 18.2 Å². The van der Waals surface area contributed by atoms with Crippen LogP contribution in [0, 0.1) is 10.1 Å². The van der Waals surface area contributed by atoms with Crippen molar-refractivity contribution >= 4 is 16.7 Å². The van der Waals surface area contributed by atoms with Crippen LogP contribution in [-0.4, -0.2) is 25.0 Å². The Morgan fingerprint density at radius 2 is 2.19 bits per heavy atom. The van der Waals surface area contributed by atoms with Crippen molar-refractivity contribution in [2.45, 2.75) is 19.6 Å². The fourth-order valence-corrected chi connectivity index (χ4v) is 1.33. The molecule has 0 fully saturated rings. The number of rotatable bonds is 3. The zero-order valence-electron chi connectivity index (χ0n) is 8.57. The molecule has 2 rings (SSSR count). The Hall–Kier alpha value is -2.02. The van der Waals surface area contributed by atoms with E-state index in [1.165, 1.54) is 18.2 Å². The number of nitrogens with zero attached hydrogens (tertiary/aromatic N) is 4. The Kier molecular flexibility index (Phi) is 2.53. The Morgan fingerprint density at radius 3 is 2.81 bits per heavy atom. The van der Waals surface area contributed by atoms with Gasteiger partial charge in [0.2, 0.25) is 0 Å². The van der Waals surface area contributed by atoms with Crippen LogP contribution in [0.3, 0.4) is 0 Å². The summed E-state index contributed by atoms with van der Waals surface area (Å²) >= 11 is 0. The number of aromatic nitrogens is 3. The summed E-state index contributed by atoms with van der Waals surface area (Å²) < 4.78 is 0. The maximum atomic E-state index is 10.5. The minimum Gasteiger partial charge on any atom is -0.370 e. The van der Waals surface area contributed by atoms with Gasteiger partial charge in [0.15, 0.2) is 6.23 Å².